The summed E-state index contributed by atoms with van der Waals surface area (Å²) < 4.78 is 13.1. The number of nitrogens with zero attached hydrogens (tertiary/aromatic N) is 2. The van der Waals surface area contributed by atoms with Gasteiger partial charge in [-0.2, -0.15) is 0 Å². The van der Waals surface area contributed by atoms with Gasteiger partial charge in [0.25, 0.3) is 0 Å². The second-order valence-electron chi connectivity index (χ2n) is 2.62. The van der Waals surface area contributed by atoms with Crippen molar-refractivity contribution in [2.24, 2.45) is 16.6 Å². The number of halogens is 2. The molecule has 5 nitrogen and oxygen atoms in total. The molecule has 0 atom stereocenters. The number of hydrazone groups is 1. The highest BCUT2D eigenvalue weighted by Gasteiger charge is 1.98. The molecule has 0 amide bonds. The summed E-state index contributed by atoms with van der Waals surface area (Å²) in [5.41, 5.74) is 10.5. The van der Waals surface area contributed by atoms with Crippen LogP contribution in [0.25, 0.3) is 0 Å². The van der Waals surface area contributed by atoms with Crippen molar-refractivity contribution in [1.82, 2.24) is 0 Å². The van der Waals surface area contributed by atoms with Crippen molar-refractivity contribution in [3.63, 3.8) is 0 Å². The maximum atomic E-state index is 12.8. The Morgan fingerprint density at radius 3 is 2.73 bits per heavy atom. The molecule has 0 spiro atoms. The number of hydrogen-bond acceptors (Lipinski definition) is 2. The molecule has 0 aliphatic carbocycles. The van der Waals surface area contributed by atoms with E-state index in [-0.39, 0.29) is 9.32 Å². The van der Waals surface area contributed by atoms with Crippen molar-refractivity contribution >= 4 is 28.1 Å². The van der Waals surface area contributed by atoms with Crippen LogP contribution in [0.2, 0.25) is 0 Å². The quantitative estimate of drug-likeness (QED) is 0.274. The van der Waals surface area contributed by atoms with Gasteiger partial charge in [-0.15, -0.1) is 9.95 Å². The van der Waals surface area contributed by atoms with Gasteiger partial charge < -0.3 is 5.21 Å². The van der Waals surface area contributed by atoms with Crippen LogP contribution < -0.4 is 11.5 Å². The topological polar surface area (TPSA) is 90.5 Å². The van der Waals surface area contributed by atoms with Gasteiger partial charge >= 0.3 is 5.96 Å². The molecule has 7 heteroatoms. The second-order valence-corrected chi connectivity index (χ2v) is 3.47. The van der Waals surface area contributed by atoms with E-state index in [1.54, 1.807) is 0 Å². The van der Waals surface area contributed by atoms with E-state index in [4.69, 9.17) is 11.5 Å². The first-order valence-electron chi connectivity index (χ1n) is 3.85. The fourth-order valence-electron chi connectivity index (χ4n) is 0.778. The van der Waals surface area contributed by atoms with Crippen LogP contribution in [0, 0.1) is 11.0 Å². The average Bonchev–Trinajstić information content (AvgIpc) is 2.19. The SMILES string of the molecule is NC(N)=[N+]([O-])/N=C/c1ccc(F)c(Br)c1. The van der Waals surface area contributed by atoms with Gasteiger partial charge in [0.05, 0.1) is 10.7 Å². The van der Waals surface area contributed by atoms with Crippen LogP contribution in [0.4, 0.5) is 4.39 Å². The van der Waals surface area contributed by atoms with Crippen molar-refractivity contribution < 1.29 is 9.24 Å². The Balaban J connectivity index is 2.91. The van der Waals surface area contributed by atoms with Gasteiger partial charge in [-0.3, -0.25) is 11.5 Å². The smallest absolute Gasteiger partial charge is 0.366 e. The summed E-state index contributed by atoms with van der Waals surface area (Å²) >= 11 is 3.00. The number of benzene rings is 1. The molecule has 0 radical (unpaired) electrons. The van der Waals surface area contributed by atoms with Gasteiger partial charge in [-0.1, -0.05) is 6.07 Å². The zero-order valence-electron chi connectivity index (χ0n) is 7.52. The largest absolute Gasteiger partial charge is 0.722 e. The van der Waals surface area contributed by atoms with E-state index in [2.05, 4.69) is 21.0 Å². The Labute approximate surface area is 93.6 Å². The Bertz CT molecular complexity index is 429. The summed E-state index contributed by atoms with van der Waals surface area (Å²) in [5, 5.41) is 14.2. The van der Waals surface area contributed by atoms with E-state index >= 15 is 0 Å². The summed E-state index contributed by atoms with van der Waals surface area (Å²) in [4.78, 5) is 0.0667. The minimum absolute atomic E-state index is 0.0667. The van der Waals surface area contributed by atoms with Gasteiger partial charge in [0.15, 0.2) is 0 Å². The normalized spacial score (nSPS) is 10.5. The highest BCUT2D eigenvalue weighted by atomic mass is 79.9. The molecule has 1 rings (SSSR count). The molecule has 1 aromatic carbocycles. The molecule has 0 aromatic heterocycles. The average molecular weight is 275 g/mol. The van der Waals surface area contributed by atoms with Crippen LogP contribution in [0.5, 0.6) is 0 Å². The summed E-state index contributed by atoms with van der Waals surface area (Å²) in [5.74, 6) is -0.858. The first kappa shape index (κ1) is 11.4. The maximum Gasteiger partial charge on any atom is 0.366 e. The van der Waals surface area contributed by atoms with Gasteiger partial charge in [-0.25, -0.2) is 4.39 Å². The molecule has 0 fully saturated rings. The Morgan fingerprint density at radius 1 is 1.53 bits per heavy atom. The lowest BCUT2D eigenvalue weighted by molar-refractivity contribution is -0.463. The van der Waals surface area contributed by atoms with Crippen LogP contribution in [-0.4, -0.2) is 17.0 Å². The predicted molar refractivity (Wildman–Crippen MR) is 58.7 cm³/mol. The molecular weight excluding hydrogens is 267 g/mol. The number of hydrogen-bond donors (Lipinski definition) is 2. The van der Waals surface area contributed by atoms with E-state index in [1.165, 1.54) is 24.4 Å². The minimum atomic E-state index is -0.465. The van der Waals surface area contributed by atoms with E-state index in [0.717, 1.165) is 0 Å². The van der Waals surface area contributed by atoms with Crippen molar-refractivity contribution in [3.8, 4) is 0 Å². The Kier molecular flexibility index (Phi) is 3.62. The van der Waals surface area contributed by atoms with Crippen LogP contribution in [0.3, 0.4) is 0 Å². The molecule has 80 valence electrons. The molecule has 0 aliphatic heterocycles. The monoisotopic (exact) mass is 274 g/mol. The van der Waals surface area contributed by atoms with Crippen LogP contribution in [-0.2, 0) is 0 Å². The van der Waals surface area contributed by atoms with E-state index < -0.39 is 11.8 Å². The fraction of sp³-hybridized carbons (Fsp3) is 0. The Morgan fingerprint density at radius 2 is 2.20 bits per heavy atom. The van der Waals surface area contributed by atoms with Crippen molar-refractivity contribution in [3.05, 3.63) is 39.3 Å². The van der Waals surface area contributed by atoms with Gasteiger partial charge in [0.2, 0.25) is 0 Å². The summed E-state index contributed by atoms with van der Waals surface area (Å²) in [6.07, 6.45) is 1.22. The standard InChI is InChI=1S/C8H8BrFN4O/c9-6-3-5(1-2-7(6)10)4-13-14(15)8(11)12/h1-4H,11-12H2/b13-4+. The molecule has 0 heterocycles. The molecule has 0 saturated heterocycles. The molecular formula is C8H8BrFN4O. The Hall–Kier alpha value is -1.63. The first-order valence-corrected chi connectivity index (χ1v) is 4.64. The lowest BCUT2D eigenvalue weighted by Gasteiger charge is -2.02. The van der Waals surface area contributed by atoms with Crippen LogP contribution in [0.1, 0.15) is 5.56 Å². The molecule has 15 heavy (non-hydrogen) atoms. The molecule has 0 bridgehead atoms. The minimum Gasteiger partial charge on any atom is -0.722 e. The zero-order chi connectivity index (χ0) is 11.4. The lowest BCUT2D eigenvalue weighted by Crippen LogP contribution is -2.30. The number of nitrogens with two attached hydrogens (primary N) is 2. The summed E-state index contributed by atoms with van der Waals surface area (Å²) in [7, 11) is 0. The van der Waals surface area contributed by atoms with Crippen LogP contribution >= 0.6 is 15.9 Å². The molecule has 0 aliphatic rings. The molecule has 0 unspecified atom stereocenters. The summed E-state index contributed by atoms with van der Waals surface area (Å²) in [6, 6.07) is 4.18. The molecule has 1 aromatic rings. The highest BCUT2D eigenvalue weighted by Crippen LogP contribution is 2.15. The fourth-order valence-corrected chi connectivity index (χ4v) is 1.17. The third-order valence-electron chi connectivity index (χ3n) is 1.48. The van der Waals surface area contributed by atoms with Crippen molar-refractivity contribution in [2.45, 2.75) is 0 Å². The second kappa shape index (κ2) is 4.74. The first-order chi connectivity index (χ1) is 7.00. The highest BCUT2D eigenvalue weighted by molar-refractivity contribution is 9.10. The lowest BCUT2D eigenvalue weighted by atomic mass is 10.2. The zero-order valence-corrected chi connectivity index (χ0v) is 9.11. The van der Waals surface area contributed by atoms with E-state index in [1.807, 2.05) is 0 Å². The van der Waals surface area contributed by atoms with Gasteiger partial charge in [0.1, 0.15) is 5.82 Å². The van der Waals surface area contributed by atoms with Gasteiger partial charge in [0, 0.05) is 0 Å². The molecule has 0 saturated carbocycles. The summed E-state index contributed by atoms with van der Waals surface area (Å²) in [6.45, 7) is 0. The number of guanidine groups is 1. The third kappa shape index (κ3) is 3.21. The van der Waals surface area contributed by atoms with Crippen molar-refractivity contribution in [1.29, 1.82) is 0 Å². The maximum absolute atomic E-state index is 12.8. The van der Waals surface area contributed by atoms with E-state index in [0.29, 0.717) is 5.56 Å². The van der Waals surface area contributed by atoms with E-state index in [9.17, 15) is 9.60 Å². The molecule has 4 N–H and O–H groups in total. The number of rotatable bonds is 2. The van der Waals surface area contributed by atoms with Crippen molar-refractivity contribution in [2.75, 3.05) is 0 Å². The third-order valence-corrected chi connectivity index (χ3v) is 2.08. The predicted octanol–water partition coefficient (Wildman–Crippen LogP) is 0.706. The van der Waals surface area contributed by atoms with Gasteiger partial charge in [-0.05, 0) is 33.6 Å². The van der Waals surface area contributed by atoms with Crippen LogP contribution in [0.15, 0.2) is 27.8 Å².